The van der Waals surface area contributed by atoms with Crippen molar-refractivity contribution in [2.24, 2.45) is 5.92 Å². The molecule has 1 amide bonds. The summed E-state index contributed by atoms with van der Waals surface area (Å²) in [5, 5.41) is 6.33. The number of nitrogens with zero attached hydrogens (tertiary/aromatic N) is 1. The molecule has 1 atom stereocenters. The van der Waals surface area contributed by atoms with Gasteiger partial charge in [-0.3, -0.25) is 9.59 Å². The van der Waals surface area contributed by atoms with Crippen LogP contribution in [0, 0.1) is 5.92 Å². The highest BCUT2D eigenvalue weighted by Crippen LogP contribution is 2.36. The van der Waals surface area contributed by atoms with E-state index in [1.54, 1.807) is 0 Å². The molecular weight excluding hydrogens is 397 g/mol. The van der Waals surface area contributed by atoms with E-state index in [9.17, 15) is 22.8 Å². The number of ketones is 1. The van der Waals surface area contributed by atoms with Crippen LogP contribution in [0.1, 0.15) is 33.0 Å². The first-order valence-electron chi connectivity index (χ1n) is 8.51. The summed E-state index contributed by atoms with van der Waals surface area (Å²) in [6.45, 7) is 1.74. The van der Waals surface area contributed by atoms with Gasteiger partial charge in [-0.25, -0.2) is 0 Å². The summed E-state index contributed by atoms with van der Waals surface area (Å²) in [6.07, 6.45) is 0.801. The fraction of sp³-hybridized carbons (Fsp3) is 0.389. The quantitative estimate of drug-likeness (QED) is 0.552. The van der Waals surface area contributed by atoms with Crippen LogP contribution in [0.15, 0.2) is 39.8 Å². The summed E-state index contributed by atoms with van der Waals surface area (Å²) in [7, 11) is 0. The van der Waals surface area contributed by atoms with E-state index in [0.29, 0.717) is 25.3 Å². The molecule has 1 aliphatic heterocycles. The maximum atomic E-state index is 12.3. The lowest BCUT2D eigenvalue weighted by Gasteiger charge is -2.07. The smallest absolute Gasteiger partial charge is 0.381 e. The van der Waals surface area contributed by atoms with E-state index in [4.69, 9.17) is 9.26 Å². The number of nitrogens with one attached hydrogen (secondary N) is 1. The molecule has 2 aromatic rings. The van der Waals surface area contributed by atoms with E-state index in [1.807, 2.05) is 0 Å². The lowest BCUT2D eigenvalue weighted by atomic mass is 10.1. The summed E-state index contributed by atoms with van der Waals surface area (Å²) in [6, 6.07) is 6.75. The molecule has 1 aliphatic rings. The molecule has 150 valence electrons. The van der Waals surface area contributed by atoms with Crippen molar-refractivity contribution < 1.29 is 32.0 Å². The minimum atomic E-state index is -4.36. The molecule has 1 fully saturated rings. The number of ether oxygens (including phenoxy) is 1. The number of thioether (sulfide) groups is 1. The zero-order chi connectivity index (χ0) is 20.1. The summed E-state index contributed by atoms with van der Waals surface area (Å²) in [5.41, 5.74) is -3.83. The second-order valence-electron chi connectivity index (χ2n) is 6.31. The van der Waals surface area contributed by atoms with Crippen LogP contribution in [-0.4, -0.2) is 42.1 Å². The zero-order valence-electron chi connectivity index (χ0n) is 14.6. The van der Waals surface area contributed by atoms with Gasteiger partial charge in [-0.1, -0.05) is 17.3 Å². The first-order valence-corrected chi connectivity index (χ1v) is 9.32. The van der Waals surface area contributed by atoms with E-state index in [0.717, 1.165) is 6.42 Å². The van der Waals surface area contributed by atoms with Gasteiger partial charge in [0, 0.05) is 36.5 Å². The van der Waals surface area contributed by atoms with Crippen molar-refractivity contribution >= 4 is 23.5 Å². The lowest BCUT2D eigenvalue weighted by molar-refractivity contribution is -0.0328. The van der Waals surface area contributed by atoms with Gasteiger partial charge >= 0.3 is 5.51 Å². The summed E-state index contributed by atoms with van der Waals surface area (Å²) >= 11 is -0.221. The normalized spacial score (nSPS) is 16.9. The molecule has 10 heteroatoms. The van der Waals surface area contributed by atoms with Gasteiger partial charge in [-0.15, -0.1) is 0 Å². The summed E-state index contributed by atoms with van der Waals surface area (Å²) in [4.78, 5) is 24.4. The Hall–Kier alpha value is -2.33. The number of aromatic nitrogens is 1. The number of amides is 1. The number of Topliss-reactive ketones (excluding diaryl/α,β-unsaturated/α-hetero) is 1. The van der Waals surface area contributed by atoms with E-state index in [2.05, 4.69) is 10.5 Å². The molecule has 0 bridgehead atoms. The van der Waals surface area contributed by atoms with Crippen molar-refractivity contribution in [2.75, 3.05) is 19.8 Å². The van der Waals surface area contributed by atoms with Crippen LogP contribution in [0.2, 0.25) is 0 Å². The third kappa shape index (κ3) is 5.83. The number of carbonyl (C=O) groups is 2. The van der Waals surface area contributed by atoms with Crippen LogP contribution >= 0.6 is 11.8 Å². The molecule has 0 radical (unpaired) electrons. The van der Waals surface area contributed by atoms with Gasteiger partial charge in [-0.2, -0.15) is 13.2 Å². The van der Waals surface area contributed by atoms with E-state index in [-0.39, 0.29) is 40.5 Å². The number of hydrogen-bond acceptors (Lipinski definition) is 6. The average molecular weight is 414 g/mol. The van der Waals surface area contributed by atoms with Crippen molar-refractivity contribution in [1.29, 1.82) is 0 Å². The Labute approximate surface area is 162 Å². The van der Waals surface area contributed by atoms with Crippen molar-refractivity contribution in [3.8, 4) is 0 Å². The van der Waals surface area contributed by atoms with Crippen LogP contribution in [0.5, 0.6) is 0 Å². The highest BCUT2D eigenvalue weighted by atomic mass is 32.2. The first kappa shape index (κ1) is 20.4. The van der Waals surface area contributed by atoms with Crippen molar-refractivity contribution in [2.45, 2.75) is 23.2 Å². The van der Waals surface area contributed by atoms with Gasteiger partial charge in [0.05, 0.1) is 6.61 Å². The predicted molar refractivity (Wildman–Crippen MR) is 94.2 cm³/mol. The SMILES string of the molecule is O=C(NCC1CCOC1)c1cc(C(=O)Cc2ccc(SC(F)(F)F)cc2)on1. The minimum Gasteiger partial charge on any atom is -0.381 e. The Morgan fingerprint density at radius 2 is 2.00 bits per heavy atom. The molecule has 1 aromatic heterocycles. The van der Waals surface area contributed by atoms with Crippen LogP contribution in [0.3, 0.4) is 0 Å². The molecule has 6 nitrogen and oxygen atoms in total. The Kier molecular flexibility index (Phi) is 6.40. The van der Waals surface area contributed by atoms with Crippen LogP contribution in [0.25, 0.3) is 0 Å². The highest BCUT2D eigenvalue weighted by molar-refractivity contribution is 8.00. The molecular formula is C18H17F3N2O4S. The fourth-order valence-electron chi connectivity index (χ4n) is 2.67. The van der Waals surface area contributed by atoms with Gasteiger partial charge in [-0.05, 0) is 35.9 Å². The van der Waals surface area contributed by atoms with Gasteiger partial charge in [0.1, 0.15) is 0 Å². The molecule has 3 rings (SSSR count). The summed E-state index contributed by atoms with van der Waals surface area (Å²) in [5.74, 6) is -0.686. The minimum absolute atomic E-state index is 0.000750. The summed E-state index contributed by atoms with van der Waals surface area (Å²) < 4.78 is 47.2. The maximum absolute atomic E-state index is 12.3. The number of hydrogen-bond donors (Lipinski definition) is 1. The lowest BCUT2D eigenvalue weighted by Crippen LogP contribution is -2.29. The zero-order valence-corrected chi connectivity index (χ0v) is 15.4. The van der Waals surface area contributed by atoms with Crippen LogP contribution in [-0.2, 0) is 11.2 Å². The number of alkyl halides is 3. The van der Waals surface area contributed by atoms with Gasteiger partial charge in [0.15, 0.2) is 5.69 Å². The topological polar surface area (TPSA) is 81.4 Å². The fourth-order valence-corrected chi connectivity index (χ4v) is 3.21. The average Bonchev–Trinajstić information content (AvgIpc) is 3.32. The van der Waals surface area contributed by atoms with Crippen molar-refractivity contribution in [3.63, 3.8) is 0 Å². The molecule has 28 heavy (non-hydrogen) atoms. The Morgan fingerprint density at radius 1 is 1.25 bits per heavy atom. The Bertz CT molecular complexity index is 830. The van der Waals surface area contributed by atoms with Crippen LogP contribution in [0.4, 0.5) is 13.2 Å². The Balaban J connectivity index is 1.54. The molecule has 1 aromatic carbocycles. The molecule has 0 saturated carbocycles. The molecule has 1 unspecified atom stereocenters. The Morgan fingerprint density at radius 3 is 2.64 bits per heavy atom. The van der Waals surface area contributed by atoms with E-state index in [1.165, 1.54) is 30.3 Å². The van der Waals surface area contributed by atoms with E-state index < -0.39 is 17.2 Å². The molecule has 1 N–H and O–H groups in total. The van der Waals surface area contributed by atoms with E-state index >= 15 is 0 Å². The number of carbonyl (C=O) groups excluding carboxylic acids is 2. The standard InChI is InChI=1S/C18H17F3N2O4S/c19-18(20,21)28-13-3-1-11(2-4-13)7-15(24)16-8-14(23-27-16)17(25)22-9-12-5-6-26-10-12/h1-4,8,12H,5-7,9-10H2,(H,22,25). The van der Waals surface area contributed by atoms with Crippen molar-refractivity contribution in [3.05, 3.63) is 47.3 Å². The molecule has 0 spiro atoms. The number of halogens is 3. The van der Waals surface area contributed by atoms with Gasteiger partial charge in [0.25, 0.3) is 5.91 Å². The van der Waals surface area contributed by atoms with Crippen molar-refractivity contribution in [1.82, 2.24) is 10.5 Å². The van der Waals surface area contributed by atoms with Crippen LogP contribution < -0.4 is 5.32 Å². The highest BCUT2D eigenvalue weighted by Gasteiger charge is 2.29. The number of benzene rings is 1. The third-order valence-corrected chi connectivity index (χ3v) is 4.85. The largest absolute Gasteiger partial charge is 0.446 e. The number of rotatable bonds is 7. The second kappa shape index (κ2) is 8.78. The molecule has 1 saturated heterocycles. The van der Waals surface area contributed by atoms with Gasteiger partial charge < -0.3 is 14.6 Å². The van der Waals surface area contributed by atoms with Gasteiger partial charge in [0.2, 0.25) is 11.5 Å². The first-order chi connectivity index (χ1) is 13.3. The third-order valence-electron chi connectivity index (χ3n) is 4.11. The molecule has 0 aliphatic carbocycles. The second-order valence-corrected chi connectivity index (χ2v) is 7.45. The monoisotopic (exact) mass is 414 g/mol. The predicted octanol–water partition coefficient (Wildman–Crippen LogP) is 3.48. The molecule has 2 heterocycles. The maximum Gasteiger partial charge on any atom is 0.446 e.